The molecule has 0 aromatic carbocycles. The van der Waals surface area contributed by atoms with Gasteiger partial charge in [-0.2, -0.15) is 0 Å². The smallest absolute Gasteiger partial charge is 0.147 e. The number of rotatable bonds is 5. The van der Waals surface area contributed by atoms with E-state index >= 15 is 0 Å². The van der Waals surface area contributed by atoms with Gasteiger partial charge >= 0.3 is 0 Å². The van der Waals surface area contributed by atoms with Gasteiger partial charge in [0.15, 0.2) is 0 Å². The summed E-state index contributed by atoms with van der Waals surface area (Å²) in [5.74, 6) is 6.36. The second-order valence-electron chi connectivity index (χ2n) is 5.30. The van der Waals surface area contributed by atoms with Crippen LogP contribution in [0.4, 0.5) is 0 Å². The van der Waals surface area contributed by atoms with Crippen molar-refractivity contribution in [3.05, 3.63) is 0 Å². The van der Waals surface area contributed by atoms with Gasteiger partial charge in [-0.25, -0.2) is 8.42 Å². The van der Waals surface area contributed by atoms with Crippen LogP contribution >= 0.6 is 0 Å². The van der Waals surface area contributed by atoms with Crippen LogP contribution in [0.2, 0.25) is 0 Å². The monoisotopic (exact) mass is 262 g/mol. The molecule has 17 heavy (non-hydrogen) atoms. The summed E-state index contributed by atoms with van der Waals surface area (Å²) in [7, 11) is -2.88. The standard InChI is InChI=1S/C12H26N2O2S/c1-17(15,16)10-9-12(14-13)11-7-5-3-2-4-6-8-11/h11-12,14H,2-10,13H2,1H3. The molecule has 0 aromatic heterocycles. The maximum Gasteiger partial charge on any atom is 0.147 e. The minimum atomic E-state index is -2.88. The minimum absolute atomic E-state index is 0.155. The Bertz CT molecular complexity index is 296. The second kappa shape index (κ2) is 7.34. The first-order valence-corrected chi connectivity index (χ1v) is 8.73. The molecule has 0 saturated heterocycles. The molecule has 0 radical (unpaired) electrons. The zero-order chi connectivity index (χ0) is 12.7. The second-order valence-corrected chi connectivity index (χ2v) is 7.56. The highest BCUT2D eigenvalue weighted by Gasteiger charge is 2.22. The summed E-state index contributed by atoms with van der Waals surface area (Å²) in [5.41, 5.74) is 2.83. The first-order chi connectivity index (χ1) is 8.03. The van der Waals surface area contributed by atoms with Crippen molar-refractivity contribution in [1.29, 1.82) is 0 Å². The van der Waals surface area contributed by atoms with E-state index in [-0.39, 0.29) is 11.8 Å². The van der Waals surface area contributed by atoms with Gasteiger partial charge < -0.3 is 0 Å². The zero-order valence-electron chi connectivity index (χ0n) is 10.8. The molecule has 0 aliphatic heterocycles. The molecule has 4 nitrogen and oxygen atoms in total. The van der Waals surface area contributed by atoms with Gasteiger partial charge in [0.2, 0.25) is 0 Å². The third kappa shape index (κ3) is 6.38. The number of nitrogens with two attached hydrogens (primary N) is 1. The summed E-state index contributed by atoms with van der Waals surface area (Å²) >= 11 is 0. The van der Waals surface area contributed by atoms with Crippen LogP contribution in [0, 0.1) is 5.92 Å². The Kier molecular flexibility index (Phi) is 6.44. The molecule has 0 aromatic rings. The van der Waals surface area contributed by atoms with Gasteiger partial charge in [-0.05, 0) is 25.2 Å². The highest BCUT2D eigenvalue weighted by atomic mass is 32.2. The molecular weight excluding hydrogens is 236 g/mol. The summed E-state index contributed by atoms with van der Waals surface area (Å²) in [5, 5.41) is 0. The van der Waals surface area contributed by atoms with Crippen LogP contribution < -0.4 is 11.3 Å². The summed E-state index contributed by atoms with van der Waals surface area (Å²) in [4.78, 5) is 0. The molecule has 1 rings (SSSR count). The molecule has 1 aliphatic carbocycles. The van der Waals surface area contributed by atoms with Crippen molar-refractivity contribution in [3.63, 3.8) is 0 Å². The Labute approximate surface area is 105 Å². The fraction of sp³-hybridized carbons (Fsp3) is 1.00. The van der Waals surface area contributed by atoms with Crippen molar-refractivity contribution in [1.82, 2.24) is 5.43 Å². The van der Waals surface area contributed by atoms with E-state index in [0.29, 0.717) is 12.3 Å². The molecule has 3 N–H and O–H groups in total. The number of sulfone groups is 1. The van der Waals surface area contributed by atoms with E-state index in [9.17, 15) is 8.42 Å². The third-order valence-electron chi connectivity index (χ3n) is 3.73. The van der Waals surface area contributed by atoms with E-state index < -0.39 is 9.84 Å². The topological polar surface area (TPSA) is 72.2 Å². The normalized spacial score (nSPS) is 21.8. The van der Waals surface area contributed by atoms with E-state index in [4.69, 9.17) is 5.84 Å². The van der Waals surface area contributed by atoms with Crippen LogP contribution in [0.3, 0.4) is 0 Å². The van der Waals surface area contributed by atoms with Crippen LogP contribution in [0.15, 0.2) is 0 Å². The van der Waals surface area contributed by atoms with Crippen LogP contribution in [0.1, 0.15) is 51.4 Å². The lowest BCUT2D eigenvalue weighted by molar-refractivity contribution is 0.281. The lowest BCUT2D eigenvalue weighted by atomic mass is 9.85. The average molecular weight is 262 g/mol. The predicted octanol–water partition coefficient (Wildman–Crippen LogP) is 1.61. The molecule has 1 fully saturated rings. The van der Waals surface area contributed by atoms with Crippen molar-refractivity contribution in [2.75, 3.05) is 12.0 Å². The fourth-order valence-corrected chi connectivity index (χ4v) is 3.37. The molecule has 0 amide bonds. The van der Waals surface area contributed by atoms with E-state index in [1.54, 1.807) is 0 Å². The molecule has 1 saturated carbocycles. The van der Waals surface area contributed by atoms with Gasteiger partial charge in [0.25, 0.3) is 0 Å². The van der Waals surface area contributed by atoms with Crippen molar-refractivity contribution >= 4 is 9.84 Å². The van der Waals surface area contributed by atoms with Gasteiger partial charge in [-0.3, -0.25) is 11.3 Å². The quantitative estimate of drug-likeness (QED) is 0.583. The van der Waals surface area contributed by atoms with E-state index in [0.717, 1.165) is 0 Å². The number of hydrazine groups is 1. The number of hydrogen-bond donors (Lipinski definition) is 2. The molecule has 1 aliphatic rings. The largest absolute Gasteiger partial charge is 0.271 e. The molecular formula is C12H26N2O2S. The maximum atomic E-state index is 11.2. The van der Waals surface area contributed by atoms with Crippen molar-refractivity contribution in [2.24, 2.45) is 11.8 Å². The van der Waals surface area contributed by atoms with Crippen molar-refractivity contribution < 1.29 is 8.42 Å². The van der Waals surface area contributed by atoms with Crippen LogP contribution in [-0.2, 0) is 9.84 Å². The zero-order valence-corrected chi connectivity index (χ0v) is 11.6. The lowest BCUT2D eigenvalue weighted by Crippen LogP contribution is -2.42. The van der Waals surface area contributed by atoms with Crippen molar-refractivity contribution in [3.8, 4) is 0 Å². The van der Waals surface area contributed by atoms with E-state index in [1.165, 1.54) is 51.2 Å². The predicted molar refractivity (Wildman–Crippen MR) is 71.2 cm³/mol. The lowest BCUT2D eigenvalue weighted by Gasteiger charge is -2.28. The molecule has 1 atom stereocenters. The van der Waals surface area contributed by atoms with Gasteiger partial charge in [0.05, 0.1) is 5.75 Å². The van der Waals surface area contributed by atoms with Gasteiger partial charge in [-0.15, -0.1) is 0 Å². The summed E-state index contributed by atoms with van der Waals surface area (Å²) in [6.07, 6.45) is 10.7. The fourth-order valence-electron chi connectivity index (χ4n) is 2.69. The summed E-state index contributed by atoms with van der Waals surface area (Å²) in [6.45, 7) is 0. The van der Waals surface area contributed by atoms with Crippen LogP contribution in [0.5, 0.6) is 0 Å². The molecule has 0 bridgehead atoms. The highest BCUT2D eigenvalue weighted by molar-refractivity contribution is 7.90. The van der Waals surface area contributed by atoms with E-state index in [1.807, 2.05) is 0 Å². The first kappa shape index (κ1) is 14.9. The number of hydrogen-bond acceptors (Lipinski definition) is 4. The molecule has 1 unspecified atom stereocenters. The Hall–Kier alpha value is -0.130. The Morgan fingerprint density at radius 3 is 2.18 bits per heavy atom. The highest BCUT2D eigenvalue weighted by Crippen LogP contribution is 2.26. The molecule has 102 valence electrons. The third-order valence-corrected chi connectivity index (χ3v) is 4.71. The maximum absolute atomic E-state index is 11.2. The Balaban J connectivity index is 2.46. The minimum Gasteiger partial charge on any atom is -0.271 e. The molecule has 0 heterocycles. The Morgan fingerprint density at radius 1 is 1.18 bits per heavy atom. The summed E-state index contributed by atoms with van der Waals surface area (Å²) < 4.78 is 22.4. The van der Waals surface area contributed by atoms with Gasteiger partial charge in [0.1, 0.15) is 9.84 Å². The molecule has 5 heteroatoms. The summed E-state index contributed by atoms with van der Waals surface area (Å²) in [6, 6.07) is 0.155. The average Bonchev–Trinajstić information content (AvgIpc) is 2.19. The number of nitrogens with one attached hydrogen (secondary N) is 1. The van der Waals surface area contributed by atoms with E-state index in [2.05, 4.69) is 5.43 Å². The Morgan fingerprint density at radius 2 is 1.71 bits per heavy atom. The van der Waals surface area contributed by atoms with Crippen molar-refractivity contribution in [2.45, 2.75) is 57.4 Å². The van der Waals surface area contributed by atoms with Crippen LogP contribution in [-0.4, -0.2) is 26.5 Å². The van der Waals surface area contributed by atoms with Gasteiger partial charge in [-0.1, -0.05) is 32.1 Å². The first-order valence-electron chi connectivity index (χ1n) is 6.67. The molecule has 0 spiro atoms. The SMILES string of the molecule is CS(=O)(=O)CCC(NN)C1CCCCCCC1. The van der Waals surface area contributed by atoms with Crippen LogP contribution in [0.25, 0.3) is 0 Å². The van der Waals surface area contributed by atoms with Gasteiger partial charge in [0, 0.05) is 12.3 Å².